The van der Waals surface area contributed by atoms with Gasteiger partial charge in [-0.25, -0.2) is 4.68 Å². The van der Waals surface area contributed by atoms with E-state index in [2.05, 4.69) is 69.1 Å². The Balaban J connectivity index is 1.53. The van der Waals surface area contributed by atoms with Crippen molar-refractivity contribution in [2.75, 3.05) is 0 Å². The summed E-state index contributed by atoms with van der Waals surface area (Å²) in [6.07, 6.45) is 10.9. The van der Waals surface area contributed by atoms with E-state index in [-0.39, 0.29) is 11.6 Å². The fourth-order valence-electron chi connectivity index (χ4n) is 6.18. The van der Waals surface area contributed by atoms with Gasteiger partial charge >= 0.3 is 0 Å². The average Bonchev–Trinajstić information content (AvgIpc) is 3.52. The summed E-state index contributed by atoms with van der Waals surface area (Å²) in [4.78, 5) is 18.8. The number of pyridine rings is 1. The number of tetrazole rings is 1. The Bertz CT molecular complexity index is 1170. The third-order valence-electron chi connectivity index (χ3n) is 7.92. The average molecular weight is 463 g/mol. The molecule has 2 aliphatic carbocycles. The number of nitrogens with zero attached hydrogens (tertiary/aromatic N) is 5. The second-order valence-corrected chi connectivity index (χ2v) is 10.8. The monoisotopic (exact) mass is 462 g/mol. The highest BCUT2D eigenvalue weighted by atomic mass is 16.1. The number of hydrogen-bond acceptors (Lipinski definition) is 5. The van der Waals surface area contributed by atoms with Gasteiger partial charge < -0.3 is 4.98 Å². The molecule has 7 nitrogen and oxygen atoms in total. The molecule has 2 aromatic heterocycles. The summed E-state index contributed by atoms with van der Waals surface area (Å²) in [7, 11) is 0. The Labute approximate surface area is 201 Å². The maximum atomic E-state index is 13.2. The van der Waals surface area contributed by atoms with Crippen LogP contribution in [0, 0.1) is 12.8 Å². The molecule has 34 heavy (non-hydrogen) atoms. The van der Waals surface area contributed by atoms with Crippen LogP contribution in [0.2, 0.25) is 0 Å². The van der Waals surface area contributed by atoms with Crippen molar-refractivity contribution >= 4 is 10.9 Å². The van der Waals surface area contributed by atoms with Gasteiger partial charge in [0.05, 0.1) is 12.1 Å². The number of aryl methyl sites for hydroxylation is 1. The van der Waals surface area contributed by atoms with E-state index in [0.29, 0.717) is 24.5 Å². The number of H-pyrrole nitrogens is 1. The molecule has 2 saturated carbocycles. The van der Waals surface area contributed by atoms with Crippen LogP contribution in [0.15, 0.2) is 29.1 Å². The van der Waals surface area contributed by atoms with E-state index in [9.17, 15) is 4.79 Å². The van der Waals surface area contributed by atoms with Gasteiger partial charge in [-0.2, -0.15) is 0 Å². The van der Waals surface area contributed by atoms with Gasteiger partial charge in [-0.1, -0.05) is 58.1 Å². The lowest BCUT2D eigenvalue weighted by Gasteiger charge is -2.38. The summed E-state index contributed by atoms with van der Waals surface area (Å²) in [5.41, 5.74) is 2.89. The zero-order valence-electron chi connectivity index (χ0n) is 20.8. The number of aromatic amines is 1. The number of rotatable bonds is 7. The standard InChI is InChI=1S/C27H38N6O/c1-18(2)25(26-29-30-31-33(26)23-11-5-4-6-12-23)32(22-9-7-8-10-22)17-21-16-20-14-13-19(3)15-24(20)28-27(21)34/h13-16,18,22-23,25H,4-12,17H2,1-3H3,(H,28,34). The maximum absolute atomic E-state index is 13.2. The summed E-state index contributed by atoms with van der Waals surface area (Å²) in [6, 6.07) is 9.24. The first-order valence-corrected chi connectivity index (χ1v) is 13.2. The van der Waals surface area contributed by atoms with E-state index in [4.69, 9.17) is 0 Å². The normalized spacial score (nSPS) is 19.0. The maximum Gasteiger partial charge on any atom is 0.252 e. The van der Waals surface area contributed by atoms with Crippen LogP contribution in [-0.2, 0) is 6.54 Å². The third-order valence-corrected chi connectivity index (χ3v) is 7.92. The number of benzene rings is 1. The Morgan fingerprint density at radius 2 is 1.79 bits per heavy atom. The largest absolute Gasteiger partial charge is 0.322 e. The van der Waals surface area contributed by atoms with Crippen molar-refractivity contribution in [3.05, 3.63) is 51.6 Å². The van der Waals surface area contributed by atoms with Crippen LogP contribution < -0.4 is 5.56 Å². The molecule has 0 amide bonds. The number of aromatic nitrogens is 5. The highest BCUT2D eigenvalue weighted by Crippen LogP contribution is 2.38. The predicted molar refractivity (Wildman–Crippen MR) is 135 cm³/mol. The Morgan fingerprint density at radius 3 is 2.53 bits per heavy atom. The zero-order chi connectivity index (χ0) is 23.7. The topological polar surface area (TPSA) is 79.7 Å². The summed E-state index contributed by atoms with van der Waals surface area (Å²) in [5.74, 6) is 1.30. The number of fused-ring (bicyclic) bond motifs is 1. The van der Waals surface area contributed by atoms with Crippen molar-refractivity contribution in [3.63, 3.8) is 0 Å². The van der Waals surface area contributed by atoms with Crippen LogP contribution >= 0.6 is 0 Å². The molecule has 2 heterocycles. The first kappa shape index (κ1) is 23.2. The van der Waals surface area contributed by atoms with E-state index in [0.717, 1.165) is 40.7 Å². The van der Waals surface area contributed by atoms with Gasteiger partial charge in [0.15, 0.2) is 5.82 Å². The molecule has 0 aliphatic heterocycles. The quantitative estimate of drug-likeness (QED) is 0.504. The van der Waals surface area contributed by atoms with Gasteiger partial charge in [0.25, 0.3) is 5.56 Å². The SMILES string of the molecule is Cc1ccc2cc(CN(C3CCCC3)C(c3nnnn3C3CCCCC3)C(C)C)c(=O)[nH]c2c1. The van der Waals surface area contributed by atoms with E-state index in [1.165, 1.54) is 44.9 Å². The molecule has 7 heteroatoms. The molecule has 0 spiro atoms. The van der Waals surface area contributed by atoms with Crippen molar-refractivity contribution in [3.8, 4) is 0 Å². The van der Waals surface area contributed by atoms with Crippen LogP contribution in [0.4, 0.5) is 0 Å². The van der Waals surface area contributed by atoms with Gasteiger partial charge in [0.2, 0.25) is 0 Å². The number of nitrogens with one attached hydrogen (secondary N) is 1. The Hall–Kier alpha value is -2.54. The molecule has 1 atom stereocenters. The Kier molecular flexibility index (Phi) is 6.82. The summed E-state index contributed by atoms with van der Waals surface area (Å²) < 4.78 is 2.12. The van der Waals surface area contributed by atoms with Crippen LogP contribution in [-0.4, -0.2) is 36.1 Å². The lowest BCUT2D eigenvalue weighted by molar-refractivity contribution is 0.0815. The van der Waals surface area contributed by atoms with Crippen LogP contribution in [0.3, 0.4) is 0 Å². The van der Waals surface area contributed by atoms with E-state index >= 15 is 0 Å². The molecule has 1 unspecified atom stereocenters. The second-order valence-electron chi connectivity index (χ2n) is 10.8. The molecule has 1 aromatic carbocycles. The smallest absolute Gasteiger partial charge is 0.252 e. The third kappa shape index (κ3) is 4.67. The van der Waals surface area contributed by atoms with Crippen molar-refractivity contribution < 1.29 is 0 Å². The molecule has 1 N–H and O–H groups in total. The zero-order valence-corrected chi connectivity index (χ0v) is 20.8. The van der Waals surface area contributed by atoms with Crippen LogP contribution in [0.1, 0.15) is 101 Å². The number of hydrogen-bond donors (Lipinski definition) is 1. The van der Waals surface area contributed by atoms with Crippen molar-refractivity contribution in [1.82, 2.24) is 30.1 Å². The van der Waals surface area contributed by atoms with E-state index in [1.54, 1.807) is 0 Å². The summed E-state index contributed by atoms with van der Waals surface area (Å²) >= 11 is 0. The summed E-state index contributed by atoms with van der Waals surface area (Å²) in [6.45, 7) is 7.20. The van der Waals surface area contributed by atoms with Gasteiger partial charge in [-0.05, 0) is 72.0 Å². The van der Waals surface area contributed by atoms with Gasteiger partial charge in [0, 0.05) is 23.7 Å². The molecular weight excluding hydrogens is 424 g/mol. The summed E-state index contributed by atoms with van der Waals surface area (Å²) in [5, 5.41) is 14.3. The predicted octanol–water partition coefficient (Wildman–Crippen LogP) is 5.47. The molecule has 2 fully saturated rings. The minimum absolute atomic E-state index is 0.00970. The Morgan fingerprint density at radius 1 is 1.06 bits per heavy atom. The molecule has 2 aliphatic rings. The molecular formula is C27H38N6O. The first-order chi connectivity index (χ1) is 16.5. The molecule has 0 bridgehead atoms. The second kappa shape index (κ2) is 9.98. The highest BCUT2D eigenvalue weighted by molar-refractivity contribution is 5.79. The van der Waals surface area contributed by atoms with Gasteiger partial charge in [-0.3, -0.25) is 9.69 Å². The highest BCUT2D eigenvalue weighted by Gasteiger charge is 2.36. The minimum Gasteiger partial charge on any atom is -0.322 e. The fraction of sp³-hybridized carbons (Fsp3) is 0.630. The van der Waals surface area contributed by atoms with Crippen molar-refractivity contribution in [2.24, 2.45) is 5.92 Å². The van der Waals surface area contributed by atoms with Crippen LogP contribution in [0.5, 0.6) is 0 Å². The molecule has 0 saturated heterocycles. The van der Waals surface area contributed by atoms with Crippen molar-refractivity contribution in [1.29, 1.82) is 0 Å². The minimum atomic E-state index is 0.00970. The lowest BCUT2D eigenvalue weighted by atomic mass is 9.94. The van der Waals surface area contributed by atoms with Crippen molar-refractivity contribution in [2.45, 2.75) is 103 Å². The molecule has 0 radical (unpaired) electrons. The first-order valence-electron chi connectivity index (χ1n) is 13.2. The molecule has 182 valence electrons. The molecule has 5 rings (SSSR count). The van der Waals surface area contributed by atoms with Crippen LogP contribution in [0.25, 0.3) is 10.9 Å². The lowest BCUT2D eigenvalue weighted by Crippen LogP contribution is -2.41. The van der Waals surface area contributed by atoms with E-state index < -0.39 is 0 Å². The molecule has 3 aromatic rings. The van der Waals surface area contributed by atoms with Gasteiger partial charge in [-0.15, -0.1) is 5.10 Å². The van der Waals surface area contributed by atoms with E-state index in [1.807, 2.05) is 6.07 Å². The fourth-order valence-corrected chi connectivity index (χ4v) is 6.18. The van der Waals surface area contributed by atoms with Gasteiger partial charge in [0.1, 0.15) is 0 Å².